The van der Waals surface area contributed by atoms with Gasteiger partial charge in [0.1, 0.15) is 18.1 Å². The Morgan fingerprint density at radius 2 is 1.60 bits per heavy atom. The van der Waals surface area contributed by atoms with Gasteiger partial charge in [0.05, 0.1) is 4.90 Å². The molecule has 4 N–H and O–H groups in total. The second kappa shape index (κ2) is 15.3. The minimum atomic E-state index is -3.88. The van der Waals surface area contributed by atoms with Gasteiger partial charge in [-0.1, -0.05) is 86.1 Å². The van der Waals surface area contributed by atoms with E-state index >= 15 is 0 Å². The highest BCUT2D eigenvalue weighted by atomic mass is 32.2. The molecule has 1 unspecified atom stereocenters. The van der Waals surface area contributed by atoms with Crippen LogP contribution in [0.2, 0.25) is 0 Å². The molecular formula is C38H58N6O7S. The van der Waals surface area contributed by atoms with Crippen molar-refractivity contribution in [3.05, 3.63) is 43.0 Å². The third kappa shape index (κ3) is 8.54. The highest BCUT2D eigenvalue weighted by Gasteiger charge is 2.70. The fourth-order valence-electron chi connectivity index (χ4n) is 7.71. The van der Waals surface area contributed by atoms with Gasteiger partial charge in [0.2, 0.25) is 27.6 Å². The van der Waals surface area contributed by atoms with Crippen LogP contribution in [-0.2, 0) is 29.2 Å². The maximum absolute atomic E-state index is 14.4. The average molecular weight is 743 g/mol. The SMILES string of the molecule is C=CCNC(=O)C(=O)C(NC(=O)[C@@H]1[C@@H]2[C@H](CN1C(=O)[C@@H](NC(=O)NC[C@@H](N(C)S(=O)(=O)c1ccccc1)C(C)(C)C)C(C)(C)C)C2(C)C)C1CCC1. The topological polar surface area (TPSA) is 174 Å². The van der Waals surface area contributed by atoms with E-state index in [9.17, 15) is 32.4 Å². The van der Waals surface area contributed by atoms with Gasteiger partial charge in [0, 0.05) is 32.7 Å². The summed E-state index contributed by atoms with van der Waals surface area (Å²) in [4.78, 5) is 69.6. The Bertz CT molecular complexity index is 1650. The first-order valence-electron chi connectivity index (χ1n) is 18.2. The van der Waals surface area contributed by atoms with Crippen molar-refractivity contribution >= 4 is 39.6 Å². The van der Waals surface area contributed by atoms with E-state index in [1.54, 1.807) is 18.2 Å². The van der Waals surface area contributed by atoms with E-state index in [-0.39, 0.29) is 41.2 Å². The summed E-state index contributed by atoms with van der Waals surface area (Å²) in [5.41, 5.74) is -1.56. The number of sulfonamides is 1. The maximum atomic E-state index is 14.4. The van der Waals surface area contributed by atoms with Gasteiger partial charge >= 0.3 is 6.03 Å². The Labute approximate surface area is 309 Å². The molecule has 1 aromatic carbocycles. The Morgan fingerprint density at radius 1 is 0.981 bits per heavy atom. The van der Waals surface area contributed by atoms with Crippen LogP contribution in [0.5, 0.6) is 0 Å². The second-order valence-electron chi connectivity index (χ2n) is 17.3. The Hall–Kier alpha value is -3.78. The third-order valence-corrected chi connectivity index (χ3v) is 13.2. The van der Waals surface area contributed by atoms with Gasteiger partial charge in [0.15, 0.2) is 0 Å². The maximum Gasteiger partial charge on any atom is 0.315 e. The molecule has 1 aromatic rings. The minimum Gasteiger partial charge on any atom is -0.346 e. The van der Waals surface area contributed by atoms with Crippen LogP contribution in [0.15, 0.2) is 47.9 Å². The zero-order chi connectivity index (χ0) is 39.0. The molecule has 3 fully saturated rings. The average Bonchev–Trinajstić information content (AvgIpc) is 3.34. The van der Waals surface area contributed by atoms with Crippen LogP contribution in [0, 0.1) is 34.0 Å². The van der Waals surface area contributed by atoms with E-state index in [1.165, 1.54) is 34.5 Å². The largest absolute Gasteiger partial charge is 0.346 e. The second-order valence-corrected chi connectivity index (χ2v) is 19.3. The summed E-state index contributed by atoms with van der Waals surface area (Å²) in [5.74, 6) is -2.72. The molecule has 4 rings (SSSR count). The smallest absolute Gasteiger partial charge is 0.315 e. The lowest BCUT2D eigenvalue weighted by Gasteiger charge is -2.39. The molecule has 14 heteroatoms. The molecule has 0 aromatic heterocycles. The lowest BCUT2D eigenvalue weighted by Crippen LogP contribution is -2.62. The number of fused-ring (bicyclic) bond motifs is 1. The number of benzene rings is 1. The van der Waals surface area contributed by atoms with Crippen LogP contribution in [0.1, 0.15) is 74.7 Å². The number of carbonyl (C=O) groups is 5. The highest BCUT2D eigenvalue weighted by Crippen LogP contribution is 2.65. The first-order valence-corrected chi connectivity index (χ1v) is 19.6. The quantitative estimate of drug-likeness (QED) is 0.168. The molecule has 0 bridgehead atoms. The van der Waals surface area contributed by atoms with Gasteiger partial charge in [-0.05, 0) is 59.0 Å². The summed E-state index contributed by atoms with van der Waals surface area (Å²) in [6.07, 6.45) is 3.76. The van der Waals surface area contributed by atoms with Crippen molar-refractivity contribution in [1.29, 1.82) is 0 Å². The summed E-state index contributed by atoms with van der Waals surface area (Å²) < 4.78 is 28.2. The predicted molar refractivity (Wildman–Crippen MR) is 198 cm³/mol. The monoisotopic (exact) mass is 742 g/mol. The summed E-state index contributed by atoms with van der Waals surface area (Å²) in [6.45, 7) is 19.2. The summed E-state index contributed by atoms with van der Waals surface area (Å²) in [6, 6.07) is 3.84. The molecule has 2 aliphatic carbocycles. The van der Waals surface area contributed by atoms with E-state index < -0.39 is 74.6 Å². The Balaban J connectivity index is 1.52. The number of Topliss-reactive ketones (excluding diaryl/α,β-unsaturated/α-hetero) is 1. The summed E-state index contributed by atoms with van der Waals surface area (Å²) >= 11 is 0. The molecule has 2 saturated carbocycles. The van der Waals surface area contributed by atoms with E-state index in [0.717, 1.165) is 6.42 Å². The number of hydrogen-bond acceptors (Lipinski definition) is 7. The van der Waals surface area contributed by atoms with Gasteiger partial charge in [-0.15, -0.1) is 6.58 Å². The normalized spacial score (nSPS) is 23.0. The molecule has 5 amide bonds. The van der Waals surface area contributed by atoms with Crippen molar-refractivity contribution in [2.45, 2.75) is 104 Å². The molecule has 6 atom stereocenters. The van der Waals surface area contributed by atoms with Crippen LogP contribution in [0.3, 0.4) is 0 Å². The summed E-state index contributed by atoms with van der Waals surface area (Å²) in [7, 11) is -2.39. The lowest BCUT2D eigenvalue weighted by molar-refractivity contribution is -0.146. The number of hydrogen-bond donors (Lipinski definition) is 4. The van der Waals surface area contributed by atoms with Gasteiger partial charge in [-0.2, -0.15) is 4.31 Å². The number of piperidine rings is 1. The van der Waals surface area contributed by atoms with Crippen molar-refractivity contribution < 1.29 is 32.4 Å². The fraction of sp³-hybridized carbons (Fsp3) is 0.658. The van der Waals surface area contributed by atoms with Crippen molar-refractivity contribution in [1.82, 2.24) is 30.5 Å². The Morgan fingerprint density at radius 3 is 2.12 bits per heavy atom. The first kappa shape index (κ1) is 41.0. The van der Waals surface area contributed by atoms with E-state index in [4.69, 9.17) is 0 Å². The van der Waals surface area contributed by atoms with E-state index in [1.807, 2.05) is 41.5 Å². The Kier molecular flexibility index (Phi) is 12.1. The number of amides is 5. The summed E-state index contributed by atoms with van der Waals surface area (Å²) in [5, 5.41) is 11.0. The van der Waals surface area contributed by atoms with Gasteiger partial charge in [0.25, 0.3) is 5.91 Å². The van der Waals surface area contributed by atoms with E-state index in [2.05, 4.69) is 41.7 Å². The number of likely N-dealkylation sites (N-methyl/N-ethyl adjacent to an activating group) is 1. The number of rotatable bonds is 14. The van der Waals surface area contributed by atoms with Crippen molar-refractivity contribution in [3.63, 3.8) is 0 Å². The minimum absolute atomic E-state index is 0.0347. The number of nitrogens with zero attached hydrogens (tertiary/aromatic N) is 2. The van der Waals surface area contributed by atoms with Gasteiger partial charge in [-0.3, -0.25) is 19.2 Å². The van der Waals surface area contributed by atoms with Crippen LogP contribution < -0.4 is 21.3 Å². The molecule has 1 heterocycles. The van der Waals surface area contributed by atoms with E-state index in [0.29, 0.717) is 19.4 Å². The van der Waals surface area contributed by atoms with Crippen LogP contribution >= 0.6 is 0 Å². The first-order chi connectivity index (χ1) is 24.0. The molecule has 0 radical (unpaired) electrons. The standard InChI is InChI=1S/C38H58N6O7S/c1-11-20-39-33(47)30(45)28(23-16-15-17-23)41-32(46)29-27-25(38(27,8)9)22-44(29)34(48)31(37(5,6)7)42-35(49)40-21-26(36(2,3)4)43(10)52(50,51)24-18-13-12-14-19-24/h11-14,18-19,23,25-29,31H,1,15-17,20-22H2,2-10H3,(H,39,47)(H,41,46)(H2,40,42,49)/t25-,26+,27-,28?,29-,31+/m0/s1. The number of nitrogens with one attached hydrogen (secondary N) is 4. The van der Waals surface area contributed by atoms with Gasteiger partial charge < -0.3 is 26.2 Å². The molecular weight excluding hydrogens is 685 g/mol. The van der Waals surface area contributed by atoms with Crippen molar-refractivity contribution in [2.24, 2.45) is 34.0 Å². The predicted octanol–water partition coefficient (Wildman–Crippen LogP) is 3.07. The zero-order valence-electron chi connectivity index (χ0n) is 32.1. The number of carbonyl (C=O) groups excluding carboxylic acids is 5. The van der Waals surface area contributed by atoms with Crippen LogP contribution in [0.4, 0.5) is 4.79 Å². The van der Waals surface area contributed by atoms with Crippen molar-refractivity contribution in [2.75, 3.05) is 26.7 Å². The molecule has 1 saturated heterocycles. The van der Waals surface area contributed by atoms with Crippen molar-refractivity contribution in [3.8, 4) is 0 Å². The third-order valence-electron chi connectivity index (χ3n) is 11.3. The zero-order valence-corrected chi connectivity index (χ0v) is 32.9. The van der Waals surface area contributed by atoms with Crippen LogP contribution in [-0.4, -0.2) is 98.0 Å². The molecule has 288 valence electrons. The highest BCUT2D eigenvalue weighted by molar-refractivity contribution is 7.89. The fourth-order valence-corrected chi connectivity index (χ4v) is 9.27. The number of urea groups is 1. The number of ketones is 1. The van der Waals surface area contributed by atoms with Gasteiger partial charge in [-0.25, -0.2) is 13.2 Å². The van der Waals surface area contributed by atoms with Crippen LogP contribution in [0.25, 0.3) is 0 Å². The number of likely N-dealkylation sites (tertiary alicyclic amines) is 1. The molecule has 1 aliphatic heterocycles. The molecule has 0 spiro atoms. The molecule has 13 nitrogen and oxygen atoms in total. The lowest BCUT2D eigenvalue weighted by atomic mass is 9.77. The molecule has 3 aliphatic rings. The molecule has 52 heavy (non-hydrogen) atoms.